The number of aryl methyl sites for hydroxylation is 1. The van der Waals surface area contributed by atoms with Gasteiger partial charge in [0.15, 0.2) is 0 Å². The molecule has 0 heterocycles. The fourth-order valence-electron chi connectivity index (χ4n) is 2.56. The van der Waals surface area contributed by atoms with Gasteiger partial charge in [0.05, 0.1) is 0 Å². The lowest BCUT2D eigenvalue weighted by molar-refractivity contribution is 0.175. The molecule has 0 spiro atoms. The number of hydrogen-bond acceptors (Lipinski definition) is 2. The minimum Gasteiger partial charge on any atom is -0.396 e. The molecule has 1 aromatic rings. The highest BCUT2D eigenvalue weighted by Crippen LogP contribution is 2.24. The quantitative estimate of drug-likeness (QED) is 0.862. The molecule has 0 amide bonds. The van der Waals surface area contributed by atoms with E-state index in [1.807, 2.05) is 12.1 Å². The lowest BCUT2D eigenvalue weighted by Crippen LogP contribution is -2.33. The molecule has 0 aromatic heterocycles. The molecule has 0 radical (unpaired) electrons. The van der Waals surface area contributed by atoms with Crippen molar-refractivity contribution < 1.29 is 9.50 Å². The number of aliphatic hydroxyl groups is 1. The third-order valence-electron chi connectivity index (χ3n) is 3.94. The summed E-state index contributed by atoms with van der Waals surface area (Å²) in [6, 6.07) is 5.93. The third kappa shape index (κ3) is 3.53. The number of hydrogen-bond donors (Lipinski definition) is 2. The molecule has 0 bridgehead atoms. The molecule has 0 atom stereocenters. The number of halogens is 1. The van der Waals surface area contributed by atoms with E-state index < -0.39 is 0 Å². The third-order valence-corrected chi connectivity index (χ3v) is 3.94. The monoisotopic (exact) mass is 251 g/mol. The number of aliphatic hydroxyl groups excluding tert-OH is 1. The minimum absolute atomic E-state index is 0.127. The summed E-state index contributed by atoms with van der Waals surface area (Å²) in [7, 11) is 0. The lowest BCUT2D eigenvalue weighted by Gasteiger charge is -2.28. The molecule has 1 aliphatic carbocycles. The zero-order valence-electron chi connectivity index (χ0n) is 11.0. The van der Waals surface area contributed by atoms with Crippen molar-refractivity contribution >= 4 is 0 Å². The van der Waals surface area contributed by atoms with Crippen LogP contribution in [0, 0.1) is 18.7 Å². The first-order valence-corrected chi connectivity index (χ1v) is 6.78. The van der Waals surface area contributed by atoms with Crippen LogP contribution in [0.4, 0.5) is 4.39 Å². The Labute approximate surface area is 108 Å². The summed E-state index contributed by atoms with van der Waals surface area (Å²) < 4.78 is 13.4. The van der Waals surface area contributed by atoms with Crippen molar-refractivity contribution in [3.63, 3.8) is 0 Å². The van der Waals surface area contributed by atoms with Gasteiger partial charge in [0, 0.05) is 19.2 Å². The highest BCUT2D eigenvalue weighted by Gasteiger charge is 2.19. The SMILES string of the molecule is Cc1ccc(CNC2CCC(CO)CC2)cc1F. The molecule has 18 heavy (non-hydrogen) atoms. The second kappa shape index (κ2) is 6.30. The Kier molecular flexibility index (Phi) is 4.72. The van der Waals surface area contributed by atoms with Crippen LogP contribution in [0.2, 0.25) is 0 Å². The average molecular weight is 251 g/mol. The smallest absolute Gasteiger partial charge is 0.126 e. The number of nitrogens with one attached hydrogen (secondary N) is 1. The van der Waals surface area contributed by atoms with Crippen LogP contribution >= 0.6 is 0 Å². The maximum Gasteiger partial charge on any atom is 0.126 e. The van der Waals surface area contributed by atoms with Gasteiger partial charge >= 0.3 is 0 Å². The first kappa shape index (κ1) is 13.5. The van der Waals surface area contributed by atoms with Gasteiger partial charge in [0.1, 0.15) is 5.82 Å². The maximum absolute atomic E-state index is 13.4. The van der Waals surface area contributed by atoms with Crippen LogP contribution in [0.1, 0.15) is 36.8 Å². The van der Waals surface area contributed by atoms with Crippen LogP contribution in [0.3, 0.4) is 0 Å². The highest BCUT2D eigenvalue weighted by molar-refractivity contribution is 5.23. The summed E-state index contributed by atoms with van der Waals surface area (Å²) >= 11 is 0. The Balaban J connectivity index is 1.79. The molecule has 1 fully saturated rings. The van der Waals surface area contributed by atoms with E-state index in [0.29, 0.717) is 24.1 Å². The summed E-state index contributed by atoms with van der Waals surface area (Å²) in [6.45, 7) is 2.82. The first-order valence-electron chi connectivity index (χ1n) is 6.78. The lowest BCUT2D eigenvalue weighted by atomic mass is 9.86. The molecule has 2 rings (SSSR count). The molecule has 3 heteroatoms. The normalized spacial score (nSPS) is 24.2. The van der Waals surface area contributed by atoms with E-state index in [-0.39, 0.29) is 5.82 Å². The summed E-state index contributed by atoms with van der Waals surface area (Å²) in [6.07, 6.45) is 4.41. The van der Waals surface area contributed by atoms with E-state index >= 15 is 0 Å². The standard InChI is InChI=1S/C15H22FNO/c1-11-2-3-13(8-15(11)16)9-17-14-6-4-12(10-18)5-7-14/h2-3,8,12,14,17-18H,4-7,9-10H2,1H3. The van der Waals surface area contributed by atoms with Gasteiger partial charge in [0.2, 0.25) is 0 Å². The average Bonchev–Trinajstić information content (AvgIpc) is 2.41. The minimum atomic E-state index is -0.127. The van der Waals surface area contributed by atoms with Crippen molar-refractivity contribution in [3.8, 4) is 0 Å². The van der Waals surface area contributed by atoms with Gasteiger partial charge in [-0.1, -0.05) is 12.1 Å². The van der Waals surface area contributed by atoms with E-state index in [9.17, 15) is 4.39 Å². The van der Waals surface area contributed by atoms with Crippen molar-refractivity contribution in [1.29, 1.82) is 0 Å². The highest BCUT2D eigenvalue weighted by atomic mass is 19.1. The summed E-state index contributed by atoms with van der Waals surface area (Å²) in [5.41, 5.74) is 1.70. The number of rotatable bonds is 4. The van der Waals surface area contributed by atoms with Crippen molar-refractivity contribution in [3.05, 3.63) is 35.1 Å². The fourth-order valence-corrected chi connectivity index (χ4v) is 2.56. The molecule has 0 aliphatic heterocycles. The molecule has 100 valence electrons. The van der Waals surface area contributed by atoms with Crippen molar-refractivity contribution in [2.45, 2.75) is 45.2 Å². The van der Waals surface area contributed by atoms with E-state index in [4.69, 9.17) is 5.11 Å². The van der Waals surface area contributed by atoms with E-state index in [2.05, 4.69) is 5.32 Å². The topological polar surface area (TPSA) is 32.3 Å². The molecular formula is C15H22FNO. The Morgan fingerprint density at radius 3 is 2.61 bits per heavy atom. The summed E-state index contributed by atoms with van der Waals surface area (Å²) in [5.74, 6) is 0.359. The molecule has 0 unspecified atom stereocenters. The van der Waals surface area contributed by atoms with E-state index in [1.54, 1.807) is 13.0 Å². The molecule has 0 saturated heterocycles. The van der Waals surface area contributed by atoms with Crippen molar-refractivity contribution in [2.75, 3.05) is 6.61 Å². The van der Waals surface area contributed by atoms with Gasteiger partial charge in [-0.2, -0.15) is 0 Å². The van der Waals surface area contributed by atoms with Crippen LogP contribution in [0.25, 0.3) is 0 Å². The van der Waals surface area contributed by atoms with E-state index in [1.165, 1.54) is 0 Å². The second-order valence-electron chi connectivity index (χ2n) is 5.36. The molecule has 2 nitrogen and oxygen atoms in total. The van der Waals surface area contributed by atoms with Crippen molar-refractivity contribution in [1.82, 2.24) is 5.32 Å². The van der Waals surface area contributed by atoms with Gasteiger partial charge in [0.25, 0.3) is 0 Å². The van der Waals surface area contributed by atoms with E-state index in [0.717, 1.165) is 37.8 Å². The molecular weight excluding hydrogens is 229 g/mol. The molecule has 1 aliphatic rings. The first-order chi connectivity index (χ1) is 8.69. The zero-order chi connectivity index (χ0) is 13.0. The van der Waals surface area contributed by atoms with Crippen LogP contribution < -0.4 is 5.32 Å². The van der Waals surface area contributed by atoms with Gasteiger partial charge in [-0.3, -0.25) is 0 Å². The Morgan fingerprint density at radius 1 is 1.28 bits per heavy atom. The maximum atomic E-state index is 13.4. The predicted octanol–water partition coefficient (Wildman–Crippen LogP) is 2.77. The van der Waals surface area contributed by atoms with Crippen LogP contribution in [-0.4, -0.2) is 17.8 Å². The van der Waals surface area contributed by atoms with Gasteiger partial charge in [-0.25, -0.2) is 4.39 Å². The van der Waals surface area contributed by atoms with Gasteiger partial charge in [-0.05, 0) is 55.7 Å². The predicted molar refractivity (Wildman–Crippen MR) is 70.8 cm³/mol. The molecule has 1 saturated carbocycles. The summed E-state index contributed by atoms with van der Waals surface area (Å²) in [5, 5.41) is 12.6. The Morgan fingerprint density at radius 2 is 2.00 bits per heavy atom. The number of benzene rings is 1. The molecule has 1 aromatic carbocycles. The second-order valence-corrected chi connectivity index (χ2v) is 5.36. The molecule has 2 N–H and O–H groups in total. The summed E-state index contributed by atoms with van der Waals surface area (Å²) in [4.78, 5) is 0. The van der Waals surface area contributed by atoms with Crippen LogP contribution in [0.5, 0.6) is 0 Å². The largest absolute Gasteiger partial charge is 0.396 e. The van der Waals surface area contributed by atoms with Gasteiger partial charge in [-0.15, -0.1) is 0 Å². The van der Waals surface area contributed by atoms with Crippen molar-refractivity contribution in [2.24, 2.45) is 5.92 Å². The Hall–Kier alpha value is -0.930. The zero-order valence-corrected chi connectivity index (χ0v) is 11.0. The Bertz CT molecular complexity index is 386. The van der Waals surface area contributed by atoms with Crippen LogP contribution in [-0.2, 0) is 6.54 Å². The van der Waals surface area contributed by atoms with Gasteiger partial charge < -0.3 is 10.4 Å². The fraction of sp³-hybridized carbons (Fsp3) is 0.600. The van der Waals surface area contributed by atoms with Crippen LogP contribution in [0.15, 0.2) is 18.2 Å².